The van der Waals surface area contributed by atoms with Gasteiger partial charge in [-0.25, -0.2) is 4.98 Å². The van der Waals surface area contributed by atoms with Crippen LogP contribution in [0.4, 0.5) is 11.6 Å². The molecule has 2 N–H and O–H groups in total. The zero-order valence-corrected chi connectivity index (χ0v) is 13.7. The molecule has 0 aliphatic heterocycles. The van der Waals surface area contributed by atoms with Gasteiger partial charge in [-0.15, -0.1) is 0 Å². The summed E-state index contributed by atoms with van der Waals surface area (Å²) in [5, 5.41) is 3.32. The number of H-pyrrole nitrogens is 1. The van der Waals surface area contributed by atoms with Crippen LogP contribution in [0.25, 0.3) is 11.0 Å². The van der Waals surface area contributed by atoms with Gasteiger partial charge in [-0.1, -0.05) is 28.1 Å². The monoisotopic (exact) mass is 345 g/mol. The van der Waals surface area contributed by atoms with Gasteiger partial charge in [0, 0.05) is 4.47 Å². The van der Waals surface area contributed by atoms with Crippen LogP contribution in [0.1, 0.15) is 11.1 Å². The van der Waals surface area contributed by atoms with Crippen molar-refractivity contribution >= 4 is 38.6 Å². The number of hydrogen-bond donors (Lipinski definition) is 2. The zero-order valence-electron chi connectivity index (χ0n) is 12.1. The van der Waals surface area contributed by atoms with E-state index >= 15 is 0 Å². The molecule has 5 heteroatoms. The Morgan fingerprint density at radius 3 is 2.71 bits per heavy atom. The molecule has 0 saturated heterocycles. The number of para-hydroxylation sites is 1. The molecular formula is C16H16BrN3O. The second kappa shape index (κ2) is 5.41. The lowest BCUT2D eigenvalue weighted by atomic mass is 10.2. The number of aromatic nitrogens is 2. The van der Waals surface area contributed by atoms with Gasteiger partial charge >= 0.3 is 0 Å². The number of methoxy groups -OCH3 is 1. The first-order valence-electron chi connectivity index (χ1n) is 6.65. The predicted octanol–water partition coefficient (Wildman–Crippen LogP) is 4.69. The second-order valence-electron chi connectivity index (χ2n) is 4.98. The number of benzene rings is 2. The lowest BCUT2D eigenvalue weighted by Crippen LogP contribution is -1.98. The van der Waals surface area contributed by atoms with Crippen molar-refractivity contribution in [3.05, 3.63) is 45.9 Å². The number of rotatable bonds is 3. The summed E-state index contributed by atoms with van der Waals surface area (Å²) in [5.41, 5.74) is 5.15. The van der Waals surface area contributed by atoms with Crippen LogP contribution in [0.15, 0.2) is 34.8 Å². The molecule has 2 aromatic carbocycles. The first-order chi connectivity index (χ1) is 10.1. The molecule has 1 heterocycles. The van der Waals surface area contributed by atoms with Crippen LogP contribution in [0.2, 0.25) is 0 Å². The van der Waals surface area contributed by atoms with E-state index in [1.165, 1.54) is 0 Å². The predicted molar refractivity (Wildman–Crippen MR) is 89.5 cm³/mol. The Balaban J connectivity index is 2.04. The van der Waals surface area contributed by atoms with E-state index in [0.29, 0.717) is 5.95 Å². The Morgan fingerprint density at radius 1 is 1.19 bits per heavy atom. The van der Waals surface area contributed by atoms with E-state index in [0.717, 1.165) is 38.1 Å². The molecule has 0 saturated carbocycles. The highest BCUT2D eigenvalue weighted by molar-refractivity contribution is 9.10. The Morgan fingerprint density at radius 2 is 2.00 bits per heavy atom. The van der Waals surface area contributed by atoms with Crippen LogP contribution >= 0.6 is 15.9 Å². The van der Waals surface area contributed by atoms with E-state index in [1.807, 2.05) is 31.2 Å². The molecule has 0 aliphatic rings. The summed E-state index contributed by atoms with van der Waals surface area (Å²) in [6, 6.07) is 10.1. The van der Waals surface area contributed by atoms with Gasteiger partial charge in [0.05, 0.1) is 23.8 Å². The van der Waals surface area contributed by atoms with Crippen LogP contribution in [-0.2, 0) is 0 Å². The third kappa shape index (κ3) is 2.61. The SMILES string of the molecule is COc1cc(Br)cc(C)c1Nc1nc2c(C)cccc2[nH]1. The number of hydrogen-bond acceptors (Lipinski definition) is 3. The molecule has 3 aromatic rings. The molecular weight excluding hydrogens is 330 g/mol. The molecule has 0 amide bonds. The average molecular weight is 346 g/mol. The molecule has 1 aromatic heterocycles. The fourth-order valence-electron chi connectivity index (χ4n) is 2.39. The molecule has 0 aliphatic carbocycles. The van der Waals surface area contributed by atoms with Crippen molar-refractivity contribution in [3.63, 3.8) is 0 Å². The molecule has 0 bridgehead atoms. The summed E-state index contributed by atoms with van der Waals surface area (Å²) in [4.78, 5) is 7.90. The maximum atomic E-state index is 5.44. The molecule has 21 heavy (non-hydrogen) atoms. The van der Waals surface area contributed by atoms with Crippen LogP contribution in [0, 0.1) is 13.8 Å². The molecule has 0 unspecified atom stereocenters. The van der Waals surface area contributed by atoms with Gasteiger partial charge in [-0.3, -0.25) is 0 Å². The van der Waals surface area contributed by atoms with Crippen molar-refractivity contribution in [2.24, 2.45) is 0 Å². The van der Waals surface area contributed by atoms with E-state index in [-0.39, 0.29) is 0 Å². The Labute approximate surface area is 131 Å². The van der Waals surface area contributed by atoms with Crippen molar-refractivity contribution < 1.29 is 4.74 Å². The minimum Gasteiger partial charge on any atom is -0.495 e. The lowest BCUT2D eigenvalue weighted by Gasteiger charge is -2.12. The van der Waals surface area contributed by atoms with Gasteiger partial charge in [0.1, 0.15) is 5.75 Å². The standard InChI is InChI=1S/C16H16BrN3O/c1-9-5-4-6-12-14(9)19-16(18-12)20-15-10(2)7-11(17)8-13(15)21-3/h4-8H,1-3H3,(H2,18,19,20). The van der Waals surface area contributed by atoms with Crippen molar-refractivity contribution in [3.8, 4) is 5.75 Å². The number of imidazole rings is 1. The van der Waals surface area contributed by atoms with E-state index in [4.69, 9.17) is 4.74 Å². The number of halogens is 1. The highest BCUT2D eigenvalue weighted by Crippen LogP contribution is 2.34. The summed E-state index contributed by atoms with van der Waals surface area (Å²) >= 11 is 3.48. The van der Waals surface area contributed by atoms with Gasteiger partial charge in [0.25, 0.3) is 0 Å². The second-order valence-corrected chi connectivity index (χ2v) is 5.90. The van der Waals surface area contributed by atoms with Gasteiger partial charge in [0.15, 0.2) is 0 Å². The summed E-state index contributed by atoms with van der Waals surface area (Å²) in [6.45, 7) is 4.09. The number of nitrogens with zero attached hydrogens (tertiary/aromatic N) is 1. The lowest BCUT2D eigenvalue weighted by molar-refractivity contribution is 0.416. The van der Waals surface area contributed by atoms with Crippen molar-refractivity contribution in [2.45, 2.75) is 13.8 Å². The topological polar surface area (TPSA) is 49.9 Å². The number of anilines is 2. The Bertz CT molecular complexity index is 811. The maximum Gasteiger partial charge on any atom is 0.205 e. The third-order valence-electron chi connectivity index (χ3n) is 3.44. The Hall–Kier alpha value is -2.01. The molecule has 0 radical (unpaired) electrons. The molecule has 0 spiro atoms. The minimum absolute atomic E-state index is 0.711. The largest absolute Gasteiger partial charge is 0.495 e. The van der Waals surface area contributed by atoms with Crippen LogP contribution in [0.5, 0.6) is 5.75 Å². The average Bonchev–Trinajstić information content (AvgIpc) is 2.85. The van der Waals surface area contributed by atoms with E-state index in [2.05, 4.69) is 44.2 Å². The molecule has 3 rings (SSSR count). The highest BCUT2D eigenvalue weighted by Gasteiger charge is 2.11. The summed E-state index contributed by atoms with van der Waals surface area (Å²) < 4.78 is 6.43. The zero-order chi connectivity index (χ0) is 15.0. The number of nitrogens with one attached hydrogen (secondary N) is 2. The van der Waals surface area contributed by atoms with Gasteiger partial charge in [-0.2, -0.15) is 0 Å². The van der Waals surface area contributed by atoms with Crippen LogP contribution < -0.4 is 10.1 Å². The van der Waals surface area contributed by atoms with E-state index in [1.54, 1.807) is 7.11 Å². The third-order valence-corrected chi connectivity index (χ3v) is 3.90. The first kappa shape index (κ1) is 13.9. The first-order valence-corrected chi connectivity index (χ1v) is 7.44. The summed E-state index contributed by atoms with van der Waals surface area (Å²) in [7, 11) is 1.66. The molecule has 108 valence electrons. The van der Waals surface area contributed by atoms with Crippen molar-refractivity contribution in [2.75, 3.05) is 12.4 Å². The normalized spacial score (nSPS) is 10.9. The molecule has 4 nitrogen and oxygen atoms in total. The van der Waals surface area contributed by atoms with Gasteiger partial charge in [0.2, 0.25) is 5.95 Å². The van der Waals surface area contributed by atoms with E-state index in [9.17, 15) is 0 Å². The highest BCUT2D eigenvalue weighted by atomic mass is 79.9. The Kier molecular flexibility index (Phi) is 3.59. The van der Waals surface area contributed by atoms with Gasteiger partial charge < -0.3 is 15.0 Å². The maximum absolute atomic E-state index is 5.44. The molecule has 0 atom stereocenters. The number of fused-ring (bicyclic) bond motifs is 1. The van der Waals surface area contributed by atoms with Crippen molar-refractivity contribution in [1.82, 2.24) is 9.97 Å². The summed E-state index contributed by atoms with van der Waals surface area (Å²) in [6.07, 6.45) is 0. The fourth-order valence-corrected chi connectivity index (χ4v) is 2.94. The van der Waals surface area contributed by atoms with E-state index < -0.39 is 0 Å². The summed E-state index contributed by atoms with van der Waals surface area (Å²) in [5.74, 6) is 1.49. The van der Waals surface area contributed by atoms with Crippen molar-refractivity contribution in [1.29, 1.82) is 0 Å². The minimum atomic E-state index is 0.711. The van der Waals surface area contributed by atoms with Gasteiger partial charge in [-0.05, 0) is 43.2 Å². The van der Waals surface area contributed by atoms with Crippen LogP contribution in [-0.4, -0.2) is 17.1 Å². The number of aromatic amines is 1. The smallest absolute Gasteiger partial charge is 0.205 e. The number of aryl methyl sites for hydroxylation is 2. The quantitative estimate of drug-likeness (QED) is 0.723. The molecule has 0 fully saturated rings. The van der Waals surface area contributed by atoms with Crippen LogP contribution in [0.3, 0.4) is 0 Å². The number of ether oxygens (including phenoxy) is 1. The fraction of sp³-hybridized carbons (Fsp3) is 0.188.